The number of allylic oxidation sites excluding steroid dienone is 1. The van der Waals surface area contributed by atoms with E-state index >= 15 is 0 Å². The zero-order valence-corrected chi connectivity index (χ0v) is 10.6. The molecule has 0 saturated carbocycles. The summed E-state index contributed by atoms with van der Waals surface area (Å²) < 4.78 is 10.8. The first-order chi connectivity index (χ1) is 9.31. The zero-order chi connectivity index (χ0) is 12.8. The van der Waals surface area contributed by atoms with E-state index in [1.54, 1.807) is 0 Å². The van der Waals surface area contributed by atoms with Crippen LogP contribution in [0.2, 0.25) is 0 Å². The van der Waals surface area contributed by atoms with Gasteiger partial charge in [0.1, 0.15) is 0 Å². The molecule has 0 bridgehead atoms. The minimum atomic E-state index is 0.137. The predicted molar refractivity (Wildman–Crippen MR) is 68.9 cm³/mol. The molecule has 4 nitrogen and oxygen atoms in total. The molecule has 3 aliphatic rings. The number of hydrogen-bond donors (Lipinski definition) is 1. The molecule has 0 saturated heterocycles. The number of benzene rings is 1. The van der Waals surface area contributed by atoms with E-state index in [0.29, 0.717) is 19.1 Å². The van der Waals surface area contributed by atoms with Crippen LogP contribution in [-0.4, -0.2) is 12.7 Å². The first-order valence-electron chi connectivity index (χ1n) is 6.72. The van der Waals surface area contributed by atoms with Gasteiger partial charge in [-0.25, -0.2) is 0 Å². The normalized spacial score (nSPS) is 24.4. The summed E-state index contributed by atoms with van der Waals surface area (Å²) in [5, 5.41) is 3.04. The van der Waals surface area contributed by atoms with Gasteiger partial charge in [0.25, 0.3) is 0 Å². The molecule has 0 fully saturated rings. The van der Waals surface area contributed by atoms with Gasteiger partial charge in [0.2, 0.25) is 12.7 Å². The molecule has 1 aliphatic carbocycles. The Bertz CT molecular complexity index is 591. The molecule has 19 heavy (non-hydrogen) atoms. The maximum atomic E-state index is 11.6. The minimum Gasteiger partial charge on any atom is -0.454 e. The SMILES string of the molecule is O=C1CC2=C(N1)C(c1ccc3c(c1)OCO3)CCC2. The fourth-order valence-electron chi connectivity index (χ4n) is 3.26. The van der Waals surface area contributed by atoms with E-state index in [0.717, 1.165) is 36.5 Å². The Hall–Kier alpha value is -1.97. The lowest BCUT2D eigenvalue weighted by Gasteiger charge is -2.24. The smallest absolute Gasteiger partial charge is 0.231 e. The molecule has 2 heterocycles. The van der Waals surface area contributed by atoms with Gasteiger partial charge in [-0.05, 0) is 42.5 Å². The topological polar surface area (TPSA) is 47.6 Å². The second kappa shape index (κ2) is 4.02. The molecule has 1 aromatic carbocycles. The quantitative estimate of drug-likeness (QED) is 0.840. The summed E-state index contributed by atoms with van der Waals surface area (Å²) in [6.45, 7) is 0.300. The molecule has 98 valence electrons. The Morgan fingerprint density at radius 2 is 2.11 bits per heavy atom. The first-order valence-corrected chi connectivity index (χ1v) is 6.72. The minimum absolute atomic E-state index is 0.137. The summed E-state index contributed by atoms with van der Waals surface area (Å²) >= 11 is 0. The Morgan fingerprint density at radius 1 is 1.21 bits per heavy atom. The number of amides is 1. The number of fused-ring (bicyclic) bond motifs is 1. The Kier molecular flexibility index (Phi) is 2.31. The van der Waals surface area contributed by atoms with Gasteiger partial charge in [0.05, 0.1) is 0 Å². The van der Waals surface area contributed by atoms with Crippen molar-refractivity contribution in [3.63, 3.8) is 0 Å². The van der Waals surface area contributed by atoms with E-state index < -0.39 is 0 Å². The maximum absolute atomic E-state index is 11.6. The Labute approximate surface area is 111 Å². The van der Waals surface area contributed by atoms with Gasteiger partial charge in [-0.15, -0.1) is 0 Å². The van der Waals surface area contributed by atoms with E-state index in [9.17, 15) is 4.79 Å². The van der Waals surface area contributed by atoms with Crippen LogP contribution >= 0.6 is 0 Å². The summed E-state index contributed by atoms with van der Waals surface area (Å²) in [4.78, 5) is 11.6. The number of carbonyl (C=O) groups excluding carboxylic acids is 1. The third-order valence-corrected chi connectivity index (χ3v) is 4.15. The van der Waals surface area contributed by atoms with Crippen LogP contribution in [-0.2, 0) is 4.79 Å². The molecule has 0 aromatic heterocycles. The van der Waals surface area contributed by atoms with Gasteiger partial charge in [0.15, 0.2) is 11.5 Å². The molecule has 1 amide bonds. The average Bonchev–Trinajstić information content (AvgIpc) is 3.01. The molecule has 0 radical (unpaired) electrons. The number of nitrogens with one attached hydrogen (secondary N) is 1. The van der Waals surface area contributed by atoms with Crippen molar-refractivity contribution in [2.75, 3.05) is 6.79 Å². The summed E-state index contributed by atoms with van der Waals surface area (Å²) in [5.74, 6) is 2.06. The van der Waals surface area contributed by atoms with Crippen molar-refractivity contribution in [3.05, 3.63) is 35.0 Å². The highest BCUT2D eigenvalue weighted by Gasteiger charge is 2.31. The first kappa shape index (κ1) is 10.9. The predicted octanol–water partition coefficient (Wildman–Crippen LogP) is 2.46. The van der Waals surface area contributed by atoms with Crippen molar-refractivity contribution < 1.29 is 14.3 Å². The van der Waals surface area contributed by atoms with Crippen molar-refractivity contribution in [3.8, 4) is 11.5 Å². The van der Waals surface area contributed by atoms with E-state index in [4.69, 9.17) is 9.47 Å². The second-order valence-corrected chi connectivity index (χ2v) is 5.30. The lowest BCUT2D eigenvalue weighted by Crippen LogP contribution is -2.21. The van der Waals surface area contributed by atoms with E-state index in [2.05, 4.69) is 11.4 Å². The largest absolute Gasteiger partial charge is 0.454 e. The monoisotopic (exact) mass is 257 g/mol. The van der Waals surface area contributed by atoms with Crippen LogP contribution < -0.4 is 14.8 Å². The summed E-state index contributed by atoms with van der Waals surface area (Å²) in [6.07, 6.45) is 3.86. The van der Waals surface area contributed by atoms with Crippen molar-refractivity contribution in [1.29, 1.82) is 0 Å². The van der Waals surface area contributed by atoms with Crippen LogP contribution in [0, 0.1) is 0 Å². The zero-order valence-electron chi connectivity index (χ0n) is 10.6. The van der Waals surface area contributed by atoms with Crippen LogP contribution in [0.3, 0.4) is 0 Å². The molecule has 1 aromatic rings. The van der Waals surface area contributed by atoms with Crippen LogP contribution in [0.1, 0.15) is 37.2 Å². The summed E-state index contributed by atoms with van der Waals surface area (Å²) in [6, 6.07) is 6.09. The van der Waals surface area contributed by atoms with Crippen molar-refractivity contribution in [1.82, 2.24) is 5.32 Å². The van der Waals surface area contributed by atoms with Gasteiger partial charge < -0.3 is 14.8 Å². The van der Waals surface area contributed by atoms with Crippen LogP contribution in [0.4, 0.5) is 0 Å². The molecular weight excluding hydrogens is 242 g/mol. The Balaban J connectivity index is 1.72. The van der Waals surface area contributed by atoms with E-state index in [1.165, 1.54) is 11.1 Å². The summed E-state index contributed by atoms with van der Waals surface area (Å²) in [7, 11) is 0. The average molecular weight is 257 g/mol. The molecular formula is C15H15NO3. The fourth-order valence-corrected chi connectivity index (χ4v) is 3.26. The van der Waals surface area contributed by atoms with Gasteiger partial charge in [-0.1, -0.05) is 6.07 Å². The van der Waals surface area contributed by atoms with E-state index in [1.807, 2.05) is 12.1 Å². The van der Waals surface area contributed by atoms with Crippen LogP contribution in [0.15, 0.2) is 29.5 Å². The fraction of sp³-hybridized carbons (Fsp3) is 0.400. The highest BCUT2D eigenvalue weighted by Crippen LogP contribution is 2.42. The third-order valence-electron chi connectivity index (χ3n) is 4.15. The molecule has 1 N–H and O–H groups in total. The Morgan fingerprint density at radius 3 is 3.05 bits per heavy atom. The number of ether oxygens (including phenoxy) is 2. The molecule has 1 unspecified atom stereocenters. The highest BCUT2D eigenvalue weighted by molar-refractivity contribution is 5.84. The lowest BCUT2D eigenvalue weighted by molar-refractivity contribution is -0.118. The number of rotatable bonds is 1. The summed E-state index contributed by atoms with van der Waals surface area (Å²) in [5.41, 5.74) is 3.63. The van der Waals surface area contributed by atoms with Crippen LogP contribution in [0.5, 0.6) is 11.5 Å². The van der Waals surface area contributed by atoms with E-state index in [-0.39, 0.29) is 5.91 Å². The number of carbonyl (C=O) groups is 1. The van der Waals surface area contributed by atoms with Gasteiger partial charge >= 0.3 is 0 Å². The lowest BCUT2D eigenvalue weighted by atomic mass is 9.83. The van der Waals surface area contributed by atoms with Gasteiger partial charge in [0, 0.05) is 18.0 Å². The molecule has 1 atom stereocenters. The van der Waals surface area contributed by atoms with Crippen molar-refractivity contribution in [2.45, 2.75) is 31.6 Å². The van der Waals surface area contributed by atoms with Crippen molar-refractivity contribution in [2.24, 2.45) is 0 Å². The number of hydrogen-bond acceptors (Lipinski definition) is 3. The van der Waals surface area contributed by atoms with Gasteiger partial charge in [-0.3, -0.25) is 4.79 Å². The van der Waals surface area contributed by atoms with Crippen LogP contribution in [0.25, 0.3) is 0 Å². The molecule has 0 spiro atoms. The molecule has 2 aliphatic heterocycles. The molecule has 4 rings (SSSR count). The highest BCUT2D eigenvalue weighted by atomic mass is 16.7. The third kappa shape index (κ3) is 1.70. The van der Waals surface area contributed by atoms with Crippen molar-refractivity contribution >= 4 is 5.91 Å². The maximum Gasteiger partial charge on any atom is 0.231 e. The molecule has 4 heteroatoms. The van der Waals surface area contributed by atoms with Gasteiger partial charge in [-0.2, -0.15) is 0 Å². The standard InChI is InChI=1S/C15H15NO3/c17-14-7-10-2-1-3-11(15(10)16-14)9-4-5-12-13(6-9)19-8-18-12/h4-6,11H,1-3,7-8H2,(H,16,17). The second-order valence-electron chi connectivity index (χ2n) is 5.30.